The fraction of sp³-hybridized carbons (Fsp3) is 0.278. The van der Waals surface area contributed by atoms with Gasteiger partial charge < -0.3 is 19.1 Å². The van der Waals surface area contributed by atoms with Crippen LogP contribution in [-0.4, -0.2) is 33.3 Å². The monoisotopic (exact) mass is 357 g/mol. The van der Waals surface area contributed by atoms with Crippen LogP contribution in [0.4, 0.5) is 11.4 Å². The average Bonchev–Trinajstić information content (AvgIpc) is 2.66. The van der Waals surface area contributed by atoms with Crippen LogP contribution in [0, 0.1) is 21.4 Å². The van der Waals surface area contributed by atoms with Gasteiger partial charge in [0.2, 0.25) is 5.75 Å². The molecule has 0 saturated carbocycles. The molecule has 8 heteroatoms. The molecule has 0 aromatic heterocycles. The van der Waals surface area contributed by atoms with E-state index in [9.17, 15) is 10.1 Å². The molecule has 2 aromatic carbocycles. The number of rotatable bonds is 7. The number of hydrogen-bond acceptors (Lipinski definition) is 7. The summed E-state index contributed by atoms with van der Waals surface area (Å²) in [4.78, 5) is 12.6. The lowest BCUT2D eigenvalue weighted by molar-refractivity contribution is -0.384. The first-order chi connectivity index (χ1) is 12.5. The van der Waals surface area contributed by atoms with Crippen LogP contribution in [0.5, 0.6) is 17.2 Å². The molecular weight excluding hydrogens is 338 g/mol. The molecule has 0 bridgehead atoms. The number of nitro groups is 1. The maximum Gasteiger partial charge on any atom is 0.293 e. The van der Waals surface area contributed by atoms with Crippen molar-refractivity contribution in [1.29, 1.82) is 5.26 Å². The molecule has 0 fully saturated rings. The minimum absolute atomic E-state index is 0.133. The Labute approximate surface area is 151 Å². The first kappa shape index (κ1) is 18.9. The van der Waals surface area contributed by atoms with Gasteiger partial charge in [-0.15, -0.1) is 0 Å². The number of nitro benzene ring substituents is 1. The van der Waals surface area contributed by atoms with Gasteiger partial charge in [0.25, 0.3) is 5.69 Å². The summed E-state index contributed by atoms with van der Waals surface area (Å²) in [5, 5.41) is 20.3. The van der Waals surface area contributed by atoms with Gasteiger partial charge in [-0.2, -0.15) is 5.26 Å². The fourth-order valence-electron chi connectivity index (χ4n) is 2.69. The van der Waals surface area contributed by atoms with E-state index in [-0.39, 0.29) is 11.3 Å². The van der Waals surface area contributed by atoms with Gasteiger partial charge >= 0.3 is 0 Å². The van der Waals surface area contributed by atoms with Gasteiger partial charge in [0.05, 0.1) is 37.9 Å². The largest absolute Gasteiger partial charge is 0.493 e. The standard InChI is InChI=1S/C18H19N3O5/c1-20(14-7-5-12(10-19)9-15(14)21(22)23)11-13-6-8-16(24-2)18(26-4)17(13)25-3/h5-9H,11H2,1-4H3. The Balaban J connectivity index is 2.44. The zero-order chi connectivity index (χ0) is 19.3. The lowest BCUT2D eigenvalue weighted by atomic mass is 10.1. The Hall–Kier alpha value is -3.47. The molecular formula is C18H19N3O5. The van der Waals surface area contributed by atoms with E-state index in [4.69, 9.17) is 19.5 Å². The van der Waals surface area contributed by atoms with Crippen LogP contribution < -0.4 is 19.1 Å². The summed E-state index contributed by atoms with van der Waals surface area (Å²) in [6.45, 7) is 0.330. The molecule has 0 saturated heterocycles. The highest BCUT2D eigenvalue weighted by atomic mass is 16.6. The zero-order valence-corrected chi connectivity index (χ0v) is 15.0. The smallest absolute Gasteiger partial charge is 0.293 e. The van der Waals surface area contributed by atoms with Crippen LogP contribution in [0.1, 0.15) is 11.1 Å². The van der Waals surface area contributed by atoms with E-state index in [1.54, 1.807) is 30.1 Å². The Bertz CT molecular complexity index is 861. The van der Waals surface area contributed by atoms with Crippen LogP contribution in [0.25, 0.3) is 0 Å². The van der Waals surface area contributed by atoms with Crippen molar-refractivity contribution in [2.24, 2.45) is 0 Å². The molecule has 0 atom stereocenters. The van der Waals surface area contributed by atoms with Gasteiger partial charge in [-0.05, 0) is 24.3 Å². The molecule has 0 aliphatic carbocycles. The summed E-state index contributed by atoms with van der Waals surface area (Å²) in [5.74, 6) is 1.48. The summed E-state index contributed by atoms with van der Waals surface area (Å²) in [6, 6.07) is 9.84. The molecule has 8 nitrogen and oxygen atoms in total. The zero-order valence-electron chi connectivity index (χ0n) is 15.0. The van der Waals surface area contributed by atoms with Crippen LogP contribution in [0.2, 0.25) is 0 Å². The number of benzene rings is 2. The molecule has 2 rings (SSSR count). The quantitative estimate of drug-likeness (QED) is 0.554. The van der Waals surface area contributed by atoms with E-state index in [0.29, 0.717) is 29.5 Å². The third-order valence-corrected chi connectivity index (χ3v) is 3.91. The SMILES string of the molecule is COc1ccc(CN(C)c2ccc(C#N)cc2[N+](=O)[O-])c(OC)c1OC. The summed E-state index contributed by atoms with van der Waals surface area (Å²) >= 11 is 0. The predicted molar refractivity (Wildman–Crippen MR) is 96.0 cm³/mol. The second-order valence-electron chi connectivity index (χ2n) is 5.42. The van der Waals surface area contributed by atoms with Gasteiger partial charge in [0.15, 0.2) is 11.5 Å². The van der Waals surface area contributed by atoms with Crippen molar-refractivity contribution >= 4 is 11.4 Å². The van der Waals surface area contributed by atoms with Gasteiger partial charge in [-0.3, -0.25) is 10.1 Å². The summed E-state index contributed by atoms with van der Waals surface area (Å²) in [7, 11) is 6.29. The van der Waals surface area contributed by atoms with E-state index in [1.807, 2.05) is 12.1 Å². The lowest BCUT2D eigenvalue weighted by Gasteiger charge is -2.22. The van der Waals surface area contributed by atoms with E-state index in [1.165, 1.54) is 27.4 Å². The minimum atomic E-state index is -0.501. The highest BCUT2D eigenvalue weighted by Crippen LogP contribution is 2.41. The second-order valence-corrected chi connectivity index (χ2v) is 5.42. The Morgan fingerprint density at radius 2 is 1.81 bits per heavy atom. The summed E-state index contributed by atoms with van der Waals surface area (Å²) in [5.41, 5.74) is 1.26. The first-order valence-electron chi connectivity index (χ1n) is 7.64. The molecule has 136 valence electrons. The average molecular weight is 357 g/mol. The van der Waals surface area contributed by atoms with E-state index in [2.05, 4.69) is 0 Å². The van der Waals surface area contributed by atoms with E-state index in [0.717, 1.165) is 5.56 Å². The molecule has 0 spiro atoms. The first-order valence-corrected chi connectivity index (χ1v) is 7.64. The molecule has 0 aliphatic rings. The molecule has 0 heterocycles. The van der Waals surface area contributed by atoms with Crippen molar-refractivity contribution in [2.45, 2.75) is 6.54 Å². The van der Waals surface area contributed by atoms with Gasteiger partial charge in [0.1, 0.15) is 5.69 Å². The molecule has 2 aromatic rings. The molecule has 0 radical (unpaired) electrons. The summed E-state index contributed by atoms with van der Waals surface area (Å²) < 4.78 is 16.1. The van der Waals surface area contributed by atoms with Crippen molar-refractivity contribution in [1.82, 2.24) is 0 Å². The number of ether oxygens (including phenoxy) is 3. The number of nitrogens with zero attached hydrogens (tertiary/aromatic N) is 3. The molecule has 0 N–H and O–H groups in total. The van der Waals surface area contributed by atoms with Crippen molar-refractivity contribution in [3.05, 3.63) is 51.6 Å². The van der Waals surface area contributed by atoms with Gasteiger partial charge in [-0.1, -0.05) is 0 Å². The fourth-order valence-corrected chi connectivity index (χ4v) is 2.69. The molecule has 0 aliphatic heterocycles. The van der Waals surface area contributed by atoms with Crippen LogP contribution in [-0.2, 0) is 6.54 Å². The van der Waals surface area contributed by atoms with Crippen LogP contribution in [0.3, 0.4) is 0 Å². The Kier molecular flexibility index (Phi) is 5.86. The van der Waals surface area contributed by atoms with Crippen molar-refractivity contribution < 1.29 is 19.1 Å². The van der Waals surface area contributed by atoms with Gasteiger partial charge in [-0.25, -0.2) is 0 Å². The third-order valence-electron chi connectivity index (χ3n) is 3.91. The maximum absolute atomic E-state index is 11.4. The Morgan fingerprint density at radius 1 is 1.12 bits per heavy atom. The third kappa shape index (κ3) is 3.62. The van der Waals surface area contributed by atoms with E-state index < -0.39 is 4.92 Å². The van der Waals surface area contributed by atoms with Crippen LogP contribution >= 0.6 is 0 Å². The molecule has 0 unspecified atom stereocenters. The summed E-state index contributed by atoms with van der Waals surface area (Å²) in [6.07, 6.45) is 0. The van der Waals surface area contributed by atoms with Crippen LogP contribution in [0.15, 0.2) is 30.3 Å². The second kappa shape index (κ2) is 8.07. The number of methoxy groups -OCH3 is 3. The molecule has 0 amide bonds. The normalized spacial score (nSPS) is 9.96. The van der Waals surface area contributed by atoms with Crippen molar-refractivity contribution in [3.63, 3.8) is 0 Å². The topological polar surface area (TPSA) is 97.9 Å². The lowest BCUT2D eigenvalue weighted by Crippen LogP contribution is -2.18. The van der Waals surface area contributed by atoms with Crippen molar-refractivity contribution in [3.8, 4) is 23.3 Å². The number of anilines is 1. The highest BCUT2D eigenvalue weighted by molar-refractivity contribution is 5.66. The maximum atomic E-state index is 11.4. The minimum Gasteiger partial charge on any atom is -0.493 e. The molecule has 26 heavy (non-hydrogen) atoms. The number of hydrogen-bond donors (Lipinski definition) is 0. The number of nitriles is 1. The highest BCUT2D eigenvalue weighted by Gasteiger charge is 2.21. The Morgan fingerprint density at radius 3 is 2.35 bits per heavy atom. The van der Waals surface area contributed by atoms with E-state index >= 15 is 0 Å². The van der Waals surface area contributed by atoms with Gasteiger partial charge in [0, 0.05) is 25.2 Å². The predicted octanol–water partition coefficient (Wildman–Crippen LogP) is 3.13. The van der Waals surface area contributed by atoms with Crippen molar-refractivity contribution in [2.75, 3.05) is 33.3 Å².